The molecule has 0 aliphatic carbocycles. The van der Waals surface area contributed by atoms with Crippen LogP contribution in [0.15, 0.2) is 18.2 Å². The highest BCUT2D eigenvalue weighted by molar-refractivity contribution is 6.33. The summed E-state index contributed by atoms with van der Waals surface area (Å²) >= 11 is 5.88. The third kappa shape index (κ3) is 2.66. The summed E-state index contributed by atoms with van der Waals surface area (Å²) in [6.07, 6.45) is 0. The minimum atomic E-state index is -0.863. The van der Waals surface area contributed by atoms with Crippen LogP contribution in [0.25, 0.3) is 0 Å². The lowest BCUT2D eigenvalue weighted by Gasteiger charge is -2.16. The Kier molecular flexibility index (Phi) is 3.66. The summed E-state index contributed by atoms with van der Waals surface area (Å²) in [5, 5.41) is 9.39. The fourth-order valence-corrected chi connectivity index (χ4v) is 2.48. The van der Waals surface area contributed by atoms with Crippen molar-refractivity contribution in [1.82, 2.24) is 4.90 Å². The van der Waals surface area contributed by atoms with Crippen LogP contribution >= 0.6 is 11.6 Å². The number of amides is 1. The molecule has 3 N–H and O–H groups in total. The third-order valence-corrected chi connectivity index (χ3v) is 3.79. The monoisotopic (exact) mass is 282 g/mol. The lowest BCUT2D eigenvalue weighted by atomic mass is 9.99. The highest BCUT2D eigenvalue weighted by atomic mass is 35.5. The van der Waals surface area contributed by atoms with E-state index >= 15 is 0 Å². The van der Waals surface area contributed by atoms with E-state index in [2.05, 4.69) is 0 Å². The number of anilines is 1. The van der Waals surface area contributed by atoms with E-state index in [-0.39, 0.29) is 18.4 Å². The van der Waals surface area contributed by atoms with Crippen molar-refractivity contribution in [3.8, 4) is 0 Å². The first-order valence-corrected chi connectivity index (χ1v) is 6.35. The minimum Gasteiger partial charge on any atom is -0.481 e. The number of carbonyl (C=O) groups is 2. The number of hydrogen-bond donors (Lipinski definition) is 2. The quantitative estimate of drug-likeness (QED) is 0.809. The minimum absolute atomic E-state index is 0.0503. The summed E-state index contributed by atoms with van der Waals surface area (Å²) in [6.45, 7) is 2.51. The van der Waals surface area contributed by atoms with Crippen molar-refractivity contribution in [2.24, 2.45) is 11.8 Å². The number of aliphatic carboxylic acids is 1. The largest absolute Gasteiger partial charge is 0.481 e. The molecular weight excluding hydrogens is 268 g/mol. The molecule has 1 aromatic carbocycles. The zero-order chi connectivity index (χ0) is 14.2. The molecule has 1 fully saturated rings. The molecule has 1 aliphatic rings. The molecule has 0 radical (unpaired) electrons. The molecule has 1 amide bonds. The zero-order valence-corrected chi connectivity index (χ0v) is 11.2. The van der Waals surface area contributed by atoms with Crippen LogP contribution in [0.3, 0.4) is 0 Å². The molecule has 102 valence electrons. The van der Waals surface area contributed by atoms with Crippen molar-refractivity contribution in [3.05, 3.63) is 28.8 Å². The van der Waals surface area contributed by atoms with E-state index in [4.69, 9.17) is 22.4 Å². The van der Waals surface area contributed by atoms with Gasteiger partial charge in [0, 0.05) is 18.7 Å². The van der Waals surface area contributed by atoms with Gasteiger partial charge in [-0.05, 0) is 24.1 Å². The third-order valence-electron chi connectivity index (χ3n) is 3.46. The summed E-state index contributed by atoms with van der Waals surface area (Å²) in [5.74, 6) is -1.63. The van der Waals surface area contributed by atoms with E-state index in [1.54, 1.807) is 17.0 Å². The number of nitrogens with two attached hydrogens (primary N) is 1. The molecule has 2 atom stereocenters. The van der Waals surface area contributed by atoms with Crippen LogP contribution in [-0.4, -0.2) is 35.0 Å². The van der Waals surface area contributed by atoms with E-state index in [9.17, 15) is 9.59 Å². The van der Waals surface area contributed by atoms with Gasteiger partial charge in [-0.3, -0.25) is 9.59 Å². The second-order valence-corrected chi connectivity index (χ2v) is 5.28. The Morgan fingerprint density at radius 1 is 1.42 bits per heavy atom. The maximum atomic E-state index is 12.3. The van der Waals surface area contributed by atoms with Gasteiger partial charge in [-0.1, -0.05) is 18.5 Å². The van der Waals surface area contributed by atoms with Crippen molar-refractivity contribution in [2.75, 3.05) is 18.8 Å². The normalized spacial score (nSPS) is 22.5. The molecule has 2 rings (SSSR count). The van der Waals surface area contributed by atoms with E-state index in [0.29, 0.717) is 22.8 Å². The number of hydrogen-bond acceptors (Lipinski definition) is 3. The molecular formula is C13H15ClN2O3. The van der Waals surface area contributed by atoms with E-state index in [1.165, 1.54) is 6.07 Å². The number of carbonyl (C=O) groups excluding carboxylic acids is 1. The van der Waals surface area contributed by atoms with E-state index < -0.39 is 11.9 Å². The molecule has 0 aromatic heterocycles. The molecule has 5 nitrogen and oxygen atoms in total. The Morgan fingerprint density at radius 2 is 2.11 bits per heavy atom. The van der Waals surface area contributed by atoms with Crippen molar-refractivity contribution in [3.63, 3.8) is 0 Å². The molecule has 1 saturated heterocycles. The number of nitrogen functional groups attached to an aromatic ring is 1. The first kappa shape index (κ1) is 13.7. The van der Waals surface area contributed by atoms with Gasteiger partial charge in [-0.2, -0.15) is 0 Å². The summed E-state index contributed by atoms with van der Waals surface area (Å²) in [4.78, 5) is 24.8. The molecule has 2 unspecified atom stereocenters. The number of likely N-dealkylation sites (tertiary alicyclic amines) is 1. The average molecular weight is 283 g/mol. The molecule has 1 aromatic rings. The number of carboxylic acids is 1. The highest BCUT2D eigenvalue weighted by Gasteiger charge is 2.37. The average Bonchev–Trinajstić information content (AvgIpc) is 2.74. The van der Waals surface area contributed by atoms with Crippen molar-refractivity contribution in [1.29, 1.82) is 0 Å². The van der Waals surface area contributed by atoms with Gasteiger partial charge in [-0.25, -0.2) is 0 Å². The molecule has 1 heterocycles. The SMILES string of the molecule is CC1CN(C(=O)c2ccc(N)c(Cl)c2)CC1C(=O)O. The molecule has 0 saturated carbocycles. The maximum Gasteiger partial charge on any atom is 0.308 e. The van der Waals surface area contributed by atoms with Crippen molar-refractivity contribution < 1.29 is 14.7 Å². The smallest absolute Gasteiger partial charge is 0.308 e. The molecule has 6 heteroatoms. The Hall–Kier alpha value is -1.75. The van der Waals surface area contributed by atoms with Gasteiger partial charge < -0.3 is 15.7 Å². The maximum absolute atomic E-state index is 12.3. The van der Waals surface area contributed by atoms with Gasteiger partial charge in [0.1, 0.15) is 0 Å². The van der Waals surface area contributed by atoms with E-state index in [0.717, 1.165) is 0 Å². The van der Waals surface area contributed by atoms with Crippen molar-refractivity contribution in [2.45, 2.75) is 6.92 Å². The predicted octanol–water partition coefficient (Wildman–Crippen LogP) is 1.71. The Bertz CT molecular complexity index is 533. The Labute approximate surface area is 116 Å². The number of rotatable bonds is 2. The molecule has 0 bridgehead atoms. The van der Waals surface area contributed by atoms with E-state index in [1.807, 2.05) is 6.92 Å². The van der Waals surface area contributed by atoms with Crippen molar-refractivity contribution >= 4 is 29.2 Å². The van der Waals surface area contributed by atoms with Crippen LogP contribution in [-0.2, 0) is 4.79 Å². The lowest BCUT2D eigenvalue weighted by Crippen LogP contribution is -2.29. The van der Waals surface area contributed by atoms with Gasteiger partial charge in [0.25, 0.3) is 5.91 Å². The van der Waals surface area contributed by atoms with Crippen LogP contribution in [0.2, 0.25) is 5.02 Å². The first-order chi connectivity index (χ1) is 8.90. The van der Waals surface area contributed by atoms with Crippen LogP contribution in [0.1, 0.15) is 17.3 Å². The number of halogens is 1. The van der Waals surface area contributed by atoms with Gasteiger partial charge in [0.15, 0.2) is 0 Å². The predicted molar refractivity (Wildman–Crippen MR) is 72.1 cm³/mol. The van der Waals surface area contributed by atoms with Gasteiger partial charge in [-0.15, -0.1) is 0 Å². The zero-order valence-electron chi connectivity index (χ0n) is 10.5. The van der Waals surface area contributed by atoms with Gasteiger partial charge >= 0.3 is 5.97 Å². The number of benzene rings is 1. The van der Waals surface area contributed by atoms with Crippen LogP contribution in [0.5, 0.6) is 0 Å². The topological polar surface area (TPSA) is 83.6 Å². The Morgan fingerprint density at radius 3 is 2.63 bits per heavy atom. The summed E-state index contributed by atoms with van der Waals surface area (Å²) < 4.78 is 0. The first-order valence-electron chi connectivity index (χ1n) is 5.97. The molecule has 0 spiro atoms. The van der Waals surface area contributed by atoms with Gasteiger partial charge in [0.05, 0.1) is 16.6 Å². The fraction of sp³-hybridized carbons (Fsp3) is 0.385. The van der Waals surface area contributed by atoms with Gasteiger partial charge in [0.2, 0.25) is 0 Å². The summed E-state index contributed by atoms with van der Waals surface area (Å²) in [5.41, 5.74) is 6.43. The highest BCUT2D eigenvalue weighted by Crippen LogP contribution is 2.26. The second-order valence-electron chi connectivity index (χ2n) is 4.87. The second kappa shape index (κ2) is 5.09. The fourth-order valence-electron chi connectivity index (χ4n) is 2.30. The molecule has 1 aliphatic heterocycles. The summed E-state index contributed by atoms with van der Waals surface area (Å²) in [7, 11) is 0. The lowest BCUT2D eigenvalue weighted by molar-refractivity contribution is -0.142. The van der Waals surface area contributed by atoms with Crippen LogP contribution in [0, 0.1) is 11.8 Å². The standard InChI is InChI=1S/C13H15ClN2O3/c1-7-5-16(6-9(7)13(18)19)12(17)8-2-3-11(15)10(14)4-8/h2-4,7,9H,5-6,15H2,1H3,(H,18,19). The Balaban J connectivity index is 2.17. The number of nitrogens with zero attached hydrogens (tertiary/aromatic N) is 1. The van der Waals surface area contributed by atoms with Crippen LogP contribution < -0.4 is 5.73 Å². The number of carboxylic acid groups (broad SMARTS) is 1. The van der Waals surface area contributed by atoms with Crippen LogP contribution in [0.4, 0.5) is 5.69 Å². The molecule has 19 heavy (non-hydrogen) atoms. The summed E-state index contributed by atoms with van der Waals surface area (Å²) in [6, 6.07) is 4.68.